The first kappa shape index (κ1) is 32.3. The molecule has 12 rings (SSSR count). The molecule has 0 saturated heterocycles. The van der Waals surface area contributed by atoms with Crippen molar-refractivity contribution in [1.82, 2.24) is 19.5 Å². The summed E-state index contributed by atoms with van der Waals surface area (Å²) >= 11 is 3.69. The highest BCUT2D eigenvalue weighted by molar-refractivity contribution is 7.27. The third-order valence-corrected chi connectivity index (χ3v) is 13.5. The second-order valence-corrected chi connectivity index (χ2v) is 16.4. The SMILES string of the molecule is c1ccc(-c2nc(-c3ccccc3)nc(-c3cccc4c3sc3cccc(-c5cccc6c5sc5ccc(-n7c8ccccc8c8ccccc87)cc56)c34)n2)cc1. The van der Waals surface area contributed by atoms with Gasteiger partial charge in [-0.25, -0.2) is 15.0 Å². The molecule has 0 radical (unpaired) electrons. The summed E-state index contributed by atoms with van der Waals surface area (Å²) in [4.78, 5) is 15.2. The molecule has 0 unspecified atom stereocenters. The summed E-state index contributed by atoms with van der Waals surface area (Å²) in [5.41, 5.74) is 9.03. The zero-order valence-electron chi connectivity index (χ0n) is 30.4. The maximum absolute atomic E-state index is 5.11. The summed E-state index contributed by atoms with van der Waals surface area (Å²) < 4.78 is 7.40. The molecule has 57 heavy (non-hydrogen) atoms. The Kier molecular flexibility index (Phi) is 7.24. The minimum Gasteiger partial charge on any atom is -0.309 e. The van der Waals surface area contributed by atoms with Crippen molar-refractivity contribution in [1.29, 1.82) is 0 Å². The molecule has 266 valence electrons. The summed E-state index contributed by atoms with van der Waals surface area (Å²) in [6.07, 6.45) is 0. The highest BCUT2D eigenvalue weighted by Crippen LogP contribution is 2.47. The number of para-hydroxylation sites is 2. The van der Waals surface area contributed by atoms with Crippen molar-refractivity contribution in [3.63, 3.8) is 0 Å². The van der Waals surface area contributed by atoms with Crippen LogP contribution in [0.3, 0.4) is 0 Å². The van der Waals surface area contributed by atoms with Crippen molar-refractivity contribution >= 4 is 84.8 Å². The van der Waals surface area contributed by atoms with Crippen molar-refractivity contribution in [2.45, 2.75) is 0 Å². The van der Waals surface area contributed by atoms with Crippen molar-refractivity contribution in [2.24, 2.45) is 0 Å². The van der Waals surface area contributed by atoms with Gasteiger partial charge >= 0.3 is 0 Å². The summed E-state index contributed by atoms with van der Waals surface area (Å²) in [6.45, 7) is 0. The lowest BCUT2D eigenvalue weighted by molar-refractivity contribution is 1.08. The van der Waals surface area contributed by atoms with E-state index in [1.54, 1.807) is 0 Å². The Balaban J connectivity index is 1.04. The number of fused-ring (bicyclic) bond motifs is 9. The smallest absolute Gasteiger partial charge is 0.165 e. The Labute approximate surface area is 335 Å². The molecule has 12 aromatic rings. The van der Waals surface area contributed by atoms with Crippen LogP contribution >= 0.6 is 22.7 Å². The van der Waals surface area contributed by atoms with E-state index in [0.717, 1.165) is 16.7 Å². The molecule has 0 amide bonds. The fourth-order valence-electron chi connectivity index (χ4n) is 8.52. The maximum Gasteiger partial charge on any atom is 0.165 e. The van der Waals surface area contributed by atoms with Crippen LogP contribution in [0.2, 0.25) is 0 Å². The molecule has 0 N–H and O–H groups in total. The van der Waals surface area contributed by atoms with Crippen LogP contribution in [0, 0.1) is 0 Å². The first-order chi connectivity index (χ1) is 28.3. The predicted octanol–water partition coefficient (Wildman–Crippen LogP) is 14.4. The lowest BCUT2D eigenvalue weighted by atomic mass is 9.97. The van der Waals surface area contributed by atoms with Gasteiger partial charge in [0.25, 0.3) is 0 Å². The van der Waals surface area contributed by atoms with Crippen LogP contribution in [0.25, 0.3) is 113 Å². The third kappa shape index (κ3) is 5.08. The van der Waals surface area contributed by atoms with E-state index in [1.165, 1.54) is 79.0 Å². The molecule has 0 aliphatic rings. The molecule has 0 aliphatic carbocycles. The Morgan fingerprint density at radius 3 is 1.58 bits per heavy atom. The van der Waals surface area contributed by atoms with E-state index < -0.39 is 0 Å². The number of hydrogen-bond acceptors (Lipinski definition) is 5. The van der Waals surface area contributed by atoms with Gasteiger partial charge in [-0.15, -0.1) is 22.7 Å². The van der Waals surface area contributed by atoms with Gasteiger partial charge in [-0.1, -0.05) is 140 Å². The first-order valence-electron chi connectivity index (χ1n) is 19.0. The minimum atomic E-state index is 0.663. The van der Waals surface area contributed by atoms with Crippen LogP contribution in [0.4, 0.5) is 0 Å². The van der Waals surface area contributed by atoms with E-state index in [2.05, 4.69) is 150 Å². The Hall–Kier alpha value is -6.99. The monoisotopic (exact) mass is 762 g/mol. The quantitative estimate of drug-likeness (QED) is 0.175. The number of benzene rings is 8. The molecule has 0 atom stereocenters. The van der Waals surface area contributed by atoms with E-state index >= 15 is 0 Å². The molecular weight excluding hydrogens is 733 g/mol. The minimum absolute atomic E-state index is 0.663. The molecule has 8 aromatic carbocycles. The van der Waals surface area contributed by atoms with Gasteiger partial charge in [-0.3, -0.25) is 0 Å². The molecule has 6 heteroatoms. The fraction of sp³-hybridized carbons (Fsp3) is 0. The summed E-state index contributed by atoms with van der Waals surface area (Å²) in [6, 6.07) is 64.8. The highest BCUT2D eigenvalue weighted by Gasteiger charge is 2.20. The van der Waals surface area contributed by atoms with Gasteiger partial charge in [-0.05, 0) is 48.0 Å². The van der Waals surface area contributed by atoms with Crippen molar-refractivity contribution in [3.05, 3.63) is 182 Å². The van der Waals surface area contributed by atoms with E-state index in [0.29, 0.717) is 17.5 Å². The first-order valence-corrected chi connectivity index (χ1v) is 20.7. The van der Waals surface area contributed by atoms with Crippen LogP contribution in [-0.2, 0) is 0 Å². The van der Waals surface area contributed by atoms with Crippen LogP contribution in [0.15, 0.2) is 182 Å². The molecule has 4 heterocycles. The number of rotatable bonds is 5. The number of hydrogen-bond donors (Lipinski definition) is 0. The van der Waals surface area contributed by atoms with E-state index in [4.69, 9.17) is 15.0 Å². The second-order valence-electron chi connectivity index (χ2n) is 14.3. The van der Waals surface area contributed by atoms with E-state index in [9.17, 15) is 0 Å². The van der Waals surface area contributed by atoms with Crippen molar-refractivity contribution in [2.75, 3.05) is 0 Å². The largest absolute Gasteiger partial charge is 0.309 e. The topological polar surface area (TPSA) is 43.6 Å². The van der Waals surface area contributed by atoms with Crippen LogP contribution in [0.5, 0.6) is 0 Å². The number of nitrogens with zero attached hydrogens (tertiary/aromatic N) is 4. The van der Waals surface area contributed by atoms with Gasteiger partial charge in [0.15, 0.2) is 17.5 Å². The fourth-order valence-corrected chi connectivity index (χ4v) is 11.0. The maximum atomic E-state index is 5.11. The van der Waals surface area contributed by atoms with Crippen LogP contribution in [-0.4, -0.2) is 19.5 Å². The van der Waals surface area contributed by atoms with Gasteiger partial charge in [0.05, 0.1) is 11.0 Å². The van der Waals surface area contributed by atoms with E-state index in [1.807, 2.05) is 59.1 Å². The molecule has 0 aliphatic heterocycles. The molecule has 4 aromatic heterocycles. The highest BCUT2D eigenvalue weighted by atomic mass is 32.1. The second kappa shape index (κ2) is 12.8. The van der Waals surface area contributed by atoms with Crippen LogP contribution in [0.1, 0.15) is 0 Å². The zero-order valence-corrected chi connectivity index (χ0v) is 32.1. The summed E-state index contributed by atoms with van der Waals surface area (Å²) in [7, 11) is 0. The number of aromatic nitrogens is 4. The summed E-state index contributed by atoms with van der Waals surface area (Å²) in [5.74, 6) is 2.00. The molecule has 0 saturated carbocycles. The van der Waals surface area contributed by atoms with Gasteiger partial charge in [-0.2, -0.15) is 0 Å². The Morgan fingerprint density at radius 1 is 0.351 bits per heavy atom. The molecule has 0 fully saturated rings. The normalized spacial score (nSPS) is 11.9. The molecule has 4 nitrogen and oxygen atoms in total. The van der Waals surface area contributed by atoms with E-state index in [-0.39, 0.29) is 0 Å². The van der Waals surface area contributed by atoms with Gasteiger partial charge in [0, 0.05) is 79.1 Å². The molecule has 0 spiro atoms. The van der Waals surface area contributed by atoms with Crippen LogP contribution < -0.4 is 0 Å². The van der Waals surface area contributed by atoms with Gasteiger partial charge in [0.2, 0.25) is 0 Å². The van der Waals surface area contributed by atoms with Gasteiger partial charge in [0.1, 0.15) is 0 Å². The lowest BCUT2D eigenvalue weighted by Crippen LogP contribution is -2.00. The predicted molar refractivity (Wildman–Crippen MR) is 242 cm³/mol. The standard InChI is InChI=1S/C51H30N4S2/c1-3-14-31(15-4-1)49-52-50(32-16-5-2-6-17-32)54-51(53-49)40-24-12-23-39-46-36(20-13-27-45(46)57-48(39)40)37-21-11-22-38-41-30-33(28-29-44(41)56-47(37)38)55-42-25-9-7-18-34(42)35-19-8-10-26-43(35)55/h1-30H. The average molecular weight is 763 g/mol. The zero-order chi connectivity index (χ0) is 37.5. The van der Waals surface area contributed by atoms with Crippen molar-refractivity contribution in [3.8, 4) is 51.0 Å². The van der Waals surface area contributed by atoms with Gasteiger partial charge < -0.3 is 4.57 Å². The number of thiophene rings is 2. The molecule has 0 bridgehead atoms. The lowest BCUT2D eigenvalue weighted by Gasteiger charge is -2.09. The summed E-state index contributed by atoms with van der Waals surface area (Å²) in [5, 5.41) is 7.56. The average Bonchev–Trinajstić information content (AvgIpc) is 3.96. The van der Waals surface area contributed by atoms with Crippen molar-refractivity contribution < 1.29 is 0 Å². The molecular formula is C51H30N4S2. The Bertz CT molecular complexity index is 3410. The Morgan fingerprint density at radius 2 is 0.877 bits per heavy atom. The third-order valence-electron chi connectivity index (χ3n) is 11.1.